The topological polar surface area (TPSA) is 35.5 Å². The fourth-order valence-electron chi connectivity index (χ4n) is 2.61. The summed E-state index contributed by atoms with van der Waals surface area (Å²) in [5.74, 6) is 0.219. The number of rotatable bonds is 5. The third-order valence-electron chi connectivity index (χ3n) is 3.61. The smallest absolute Gasteiger partial charge is 0.138 e. The van der Waals surface area contributed by atoms with Crippen LogP contribution in [0.2, 0.25) is 5.02 Å². The summed E-state index contributed by atoms with van der Waals surface area (Å²) in [4.78, 5) is 2.41. The van der Waals surface area contributed by atoms with Gasteiger partial charge in [-0.2, -0.15) is 0 Å². The summed E-state index contributed by atoms with van der Waals surface area (Å²) in [5.41, 5.74) is 0.927. The number of allylic oxidation sites excluding steroid dienone is 1. The molecule has 6 heteroatoms. The van der Waals surface area contributed by atoms with Gasteiger partial charge in [-0.1, -0.05) is 29.8 Å². The number of phenols is 1. The van der Waals surface area contributed by atoms with Crippen LogP contribution < -0.4 is 5.32 Å². The summed E-state index contributed by atoms with van der Waals surface area (Å²) in [6.45, 7) is 7.76. The second kappa shape index (κ2) is 10.3. The molecule has 0 bridgehead atoms. The number of para-hydroxylation sites is 1. The highest BCUT2D eigenvalue weighted by molar-refractivity contribution is 6.32. The molecule has 0 amide bonds. The summed E-state index contributed by atoms with van der Waals surface area (Å²) in [6, 6.07) is 5.80. The Labute approximate surface area is 144 Å². The van der Waals surface area contributed by atoms with Gasteiger partial charge in [0.1, 0.15) is 5.75 Å². The first-order chi connectivity index (χ1) is 9.24. The van der Waals surface area contributed by atoms with Crippen molar-refractivity contribution in [3.63, 3.8) is 0 Å². The van der Waals surface area contributed by atoms with Crippen molar-refractivity contribution >= 4 is 36.4 Å². The van der Waals surface area contributed by atoms with Crippen LogP contribution in [-0.4, -0.2) is 36.2 Å². The van der Waals surface area contributed by atoms with Crippen LogP contribution in [0.15, 0.2) is 30.9 Å². The van der Waals surface area contributed by atoms with E-state index < -0.39 is 0 Å². The summed E-state index contributed by atoms with van der Waals surface area (Å²) >= 11 is 6.03. The van der Waals surface area contributed by atoms with Gasteiger partial charge in [0.05, 0.1) is 5.02 Å². The molecule has 0 aliphatic carbocycles. The Morgan fingerprint density at radius 2 is 2.00 bits per heavy atom. The first-order valence-electron chi connectivity index (χ1n) is 6.77. The number of piperazine rings is 1. The van der Waals surface area contributed by atoms with Crippen molar-refractivity contribution in [2.24, 2.45) is 0 Å². The van der Waals surface area contributed by atoms with E-state index in [9.17, 15) is 5.11 Å². The molecule has 1 aliphatic rings. The van der Waals surface area contributed by atoms with Crippen LogP contribution in [0, 0.1) is 0 Å². The van der Waals surface area contributed by atoms with Gasteiger partial charge in [0.2, 0.25) is 0 Å². The highest BCUT2D eigenvalue weighted by Gasteiger charge is 2.24. The minimum absolute atomic E-state index is 0. The van der Waals surface area contributed by atoms with Gasteiger partial charge in [-0.15, -0.1) is 31.4 Å². The number of nitrogens with one attached hydrogen (secondary N) is 1. The third-order valence-corrected chi connectivity index (χ3v) is 3.92. The van der Waals surface area contributed by atoms with Crippen LogP contribution in [-0.2, 0) is 0 Å². The second-order valence-corrected chi connectivity index (χ2v) is 5.25. The van der Waals surface area contributed by atoms with E-state index in [0.717, 1.165) is 44.6 Å². The zero-order valence-electron chi connectivity index (χ0n) is 11.9. The fourth-order valence-corrected chi connectivity index (χ4v) is 2.79. The van der Waals surface area contributed by atoms with Crippen molar-refractivity contribution in [1.82, 2.24) is 10.2 Å². The van der Waals surface area contributed by atoms with Crippen LogP contribution in [0.1, 0.15) is 24.4 Å². The van der Waals surface area contributed by atoms with Crippen molar-refractivity contribution in [1.29, 1.82) is 0 Å². The lowest BCUT2D eigenvalue weighted by molar-refractivity contribution is 0.163. The molecule has 21 heavy (non-hydrogen) atoms. The molecule has 1 saturated heterocycles. The van der Waals surface area contributed by atoms with Gasteiger partial charge in [0, 0.05) is 37.8 Å². The molecule has 1 heterocycles. The Kier molecular flexibility index (Phi) is 10.1. The van der Waals surface area contributed by atoms with E-state index in [4.69, 9.17) is 11.6 Å². The number of aromatic hydroxyl groups is 1. The molecular weight excluding hydrogens is 331 g/mol. The molecule has 1 fully saturated rings. The average molecular weight is 354 g/mol. The van der Waals surface area contributed by atoms with E-state index in [2.05, 4.69) is 16.8 Å². The Bertz CT molecular complexity index is 437. The molecule has 1 aromatic carbocycles. The van der Waals surface area contributed by atoms with Gasteiger partial charge in [-0.25, -0.2) is 0 Å². The Balaban J connectivity index is 0.00000200. The van der Waals surface area contributed by atoms with Crippen molar-refractivity contribution in [2.75, 3.05) is 26.2 Å². The molecule has 2 N–H and O–H groups in total. The zero-order valence-corrected chi connectivity index (χ0v) is 14.3. The van der Waals surface area contributed by atoms with Gasteiger partial charge in [-0.05, 0) is 18.9 Å². The zero-order chi connectivity index (χ0) is 13.7. The van der Waals surface area contributed by atoms with E-state index in [1.807, 2.05) is 18.2 Å². The van der Waals surface area contributed by atoms with Crippen molar-refractivity contribution in [2.45, 2.75) is 18.9 Å². The first kappa shape index (κ1) is 20.6. The normalized spacial score (nSPS) is 16.4. The molecule has 0 unspecified atom stereocenters. The molecular formula is C15H23Cl3N2O. The van der Waals surface area contributed by atoms with Crippen molar-refractivity contribution < 1.29 is 5.11 Å². The van der Waals surface area contributed by atoms with Gasteiger partial charge in [0.15, 0.2) is 0 Å². The van der Waals surface area contributed by atoms with E-state index in [1.54, 1.807) is 6.07 Å². The number of hydrogen-bond donors (Lipinski definition) is 2. The molecule has 0 saturated carbocycles. The largest absolute Gasteiger partial charge is 0.506 e. The quantitative estimate of drug-likeness (QED) is 0.790. The van der Waals surface area contributed by atoms with E-state index >= 15 is 0 Å². The maximum Gasteiger partial charge on any atom is 0.138 e. The number of halogens is 3. The molecule has 0 aromatic heterocycles. The monoisotopic (exact) mass is 352 g/mol. The molecule has 0 radical (unpaired) electrons. The summed E-state index contributed by atoms with van der Waals surface area (Å²) < 4.78 is 0. The van der Waals surface area contributed by atoms with Gasteiger partial charge in [-0.3, -0.25) is 4.90 Å². The molecule has 2 rings (SSSR count). The third kappa shape index (κ3) is 5.35. The standard InChI is InChI=1S/C15H21ClN2O.2ClH/c1-2-3-7-14(18-10-8-17-9-11-18)12-5-4-6-13(16)15(12)19;;/h2,4-6,14,17,19H,1,3,7-11H2;2*1H/t14-;;/m1../s1. The second-order valence-electron chi connectivity index (χ2n) is 4.85. The average Bonchev–Trinajstić information content (AvgIpc) is 2.45. The highest BCUT2D eigenvalue weighted by atomic mass is 35.5. The molecule has 1 aromatic rings. The molecule has 0 spiro atoms. The van der Waals surface area contributed by atoms with Crippen molar-refractivity contribution in [3.05, 3.63) is 41.4 Å². The predicted molar refractivity (Wildman–Crippen MR) is 94.2 cm³/mol. The molecule has 3 nitrogen and oxygen atoms in total. The number of phenolic OH excluding ortho intramolecular Hbond substituents is 1. The van der Waals surface area contributed by atoms with Gasteiger partial charge in [0.25, 0.3) is 0 Å². The number of nitrogens with zero attached hydrogens (tertiary/aromatic N) is 1. The summed E-state index contributed by atoms with van der Waals surface area (Å²) in [7, 11) is 0. The SMILES string of the molecule is C=CCC[C@H](c1cccc(Cl)c1O)N1CCNCC1.Cl.Cl. The van der Waals surface area contributed by atoms with Crippen molar-refractivity contribution in [3.8, 4) is 5.75 Å². The fraction of sp³-hybridized carbons (Fsp3) is 0.467. The number of benzene rings is 1. The maximum atomic E-state index is 10.2. The van der Waals surface area contributed by atoms with Crippen LogP contribution in [0.5, 0.6) is 5.75 Å². The highest BCUT2D eigenvalue weighted by Crippen LogP contribution is 2.36. The van der Waals surface area contributed by atoms with E-state index in [0.29, 0.717) is 5.02 Å². The van der Waals surface area contributed by atoms with Crippen LogP contribution in [0.25, 0.3) is 0 Å². The first-order valence-corrected chi connectivity index (χ1v) is 7.15. The lowest BCUT2D eigenvalue weighted by Gasteiger charge is -2.35. The van der Waals surface area contributed by atoms with Gasteiger partial charge < -0.3 is 10.4 Å². The lowest BCUT2D eigenvalue weighted by atomic mass is 9.98. The minimum Gasteiger partial charge on any atom is -0.506 e. The maximum absolute atomic E-state index is 10.2. The van der Waals surface area contributed by atoms with E-state index in [1.165, 1.54) is 0 Å². The Morgan fingerprint density at radius 3 is 2.62 bits per heavy atom. The molecule has 1 aliphatic heterocycles. The molecule has 120 valence electrons. The number of hydrogen-bond acceptors (Lipinski definition) is 3. The predicted octanol–water partition coefficient (Wildman–Crippen LogP) is 3.80. The summed E-state index contributed by atoms with van der Waals surface area (Å²) in [6.07, 6.45) is 3.81. The van der Waals surface area contributed by atoms with Gasteiger partial charge >= 0.3 is 0 Å². The van der Waals surface area contributed by atoms with E-state index in [-0.39, 0.29) is 36.6 Å². The molecule has 1 atom stereocenters. The Morgan fingerprint density at radius 1 is 1.33 bits per heavy atom. The Hall–Kier alpha value is -0.450. The summed E-state index contributed by atoms with van der Waals surface area (Å²) in [5, 5.41) is 14.0. The van der Waals surface area contributed by atoms with Crippen LogP contribution in [0.4, 0.5) is 0 Å². The van der Waals surface area contributed by atoms with Crippen LogP contribution in [0.3, 0.4) is 0 Å². The van der Waals surface area contributed by atoms with Crippen LogP contribution >= 0.6 is 36.4 Å². The minimum atomic E-state index is 0. The lowest BCUT2D eigenvalue weighted by Crippen LogP contribution is -2.45.